The van der Waals surface area contributed by atoms with Crippen LogP contribution in [0.4, 0.5) is 0 Å². The van der Waals surface area contributed by atoms with E-state index in [-0.39, 0.29) is 12.0 Å². The van der Waals surface area contributed by atoms with Gasteiger partial charge in [-0.3, -0.25) is 0 Å². The normalized spacial score (nSPS) is 19.7. The Kier molecular flexibility index (Phi) is 4.43. The first kappa shape index (κ1) is 12.9. The Labute approximate surface area is 108 Å². The number of aliphatic hydroxyl groups is 1. The summed E-state index contributed by atoms with van der Waals surface area (Å²) in [6.45, 7) is 0.466. The van der Waals surface area contributed by atoms with Crippen molar-refractivity contribution in [3.05, 3.63) is 34.9 Å². The molecule has 0 saturated heterocycles. The highest BCUT2D eigenvalue weighted by atomic mass is 35.5. The monoisotopic (exact) mass is 253 g/mol. The lowest BCUT2D eigenvalue weighted by Gasteiger charge is -2.31. The largest absolute Gasteiger partial charge is 0.392 e. The first-order valence-corrected chi connectivity index (χ1v) is 6.72. The molecular weight excluding hydrogens is 234 g/mol. The summed E-state index contributed by atoms with van der Waals surface area (Å²) in [4.78, 5) is 0. The van der Waals surface area contributed by atoms with Crippen LogP contribution in [-0.2, 0) is 0 Å². The Morgan fingerprint density at radius 1 is 1.41 bits per heavy atom. The van der Waals surface area contributed by atoms with Crippen molar-refractivity contribution < 1.29 is 5.11 Å². The van der Waals surface area contributed by atoms with E-state index in [1.54, 1.807) is 0 Å². The van der Waals surface area contributed by atoms with Gasteiger partial charge >= 0.3 is 0 Å². The molecule has 3 heteroatoms. The van der Waals surface area contributed by atoms with Crippen LogP contribution in [0, 0.1) is 5.92 Å². The van der Waals surface area contributed by atoms with E-state index in [0.29, 0.717) is 17.5 Å². The van der Waals surface area contributed by atoms with Crippen LogP contribution in [0.2, 0.25) is 5.02 Å². The second-order valence-electron chi connectivity index (χ2n) is 5.00. The van der Waals surface area contributed by atoms with E-state index in [1.807, 2.05) is 24.3 Å². The van der Waals surface area contributed by atoms with Crippen LogP contribution in [0.5, 0.6) is 0 Å². The van der Waals surface area contributed by atoms with Crippen LogP contribution in [0.15, 0.2) is 24.3 Å². The zero-order valence-corrected chi connectivity index (χ0v) is 10.7. The van der Waals surface area contributed by atoms with E-state index in [9.17, 15) is 5.11 Å². The third-order valence-corrected chi connectivity index (χ3v) is 4.03. The van der Waals surface area contributed by atoms with E-state index < -0.39 is 0 Å². The maximum absolute atomic E-state index is 10.3. The fourth-order valence-corrected chi connectivity index (χ4v) is 2.69. The second kappa shape index (κ2) is 5.85. The number of benzene rings is 1. The van der Waals surface area contributed by atoms with Gasteiger partial charge < -0.3 is 10.8 Å². The van der Waals surface area contributed by atoms with Crippen LogP contribution in [0.25, 0.3) is 0 Å². The molecule has 0 bridgehead atoms. The van der Waals surface area contributed by atoms with Gasteiger partial charge in [0, 0.05) is 17.5 Å². The zero-order chi connectivity index (χ0) is 12.3. The number of aliphatic hydroxyl groups excluding tert-OH is 1. The highest BCUT2D eigenvalue weighted by Gasteiger charge is 2.26. The zero-order valence-electron chi connectivity index (χ0n) is 9.98. The molecule has 1 saturated carbocycles. The summed E-state index contributed by atoms with van der Waals surface area (Å²) >= 11 is 5.97. The molecule has 3 N–H and O–H groups in total. The Morgan fingerprint density at radius 2 is 2.18 bits per heavy atom. The Morgan fingerprint density at radius 3 is 2.71 bits per heavy atom. The van der Waals surface area contributed by atoms with Crippen LogP contribution >= 0.6 is 11.6 Å². The van der Waals surface area contributed by atoms with Crippen LogP contribution in [0.1, 0.15) is 37.2 Å². The summed E-state index contributed by atoms with van der Waals surface area (Å²) in [5, 5.41) is 11.0. The molecule has 2 nitrogen and oxygen atoms in total. The SMILES string of the molecule is NCC(c1cccc(Cl)c1)C(O)CC1CCC1. The summed E-state index contributed by atoms with van der Waals surface area (Å²) in [5.74, 6) is 0.701. The molecule has 0 amide bonds. The molecule has 0 aliphatic heterocycles. The van der Waals surface area contributed by atoms with Crippen molar-refractivity contribution in [2.45, 2.75) is 37.7 Å². The number of halogens is 1. The highest BCUT2D eigenvalue weighted by molar-refractivity contribution is 6.30. The molecule has 1 aromatic rings. The van der Waals surface area contributed by atoms with Gasteiger partial charge in [-0.15, -0.1) is 0 Å². The maximum Gasteiger partial charge on any atom is 0.0623 e. The molecule has 1 fully saturated rings. The van der Waals surface area contributed by atoms with Gasteiger partial charge in [-0.2, -0.15) is 0 Å². The van der Waals surface area contributed by atoms with Gasteiger partial charge in [0.1, 0.15) is 0 Å². The van der Waals surface area contributed by atoms with Crippen molar-refractivity contribution in [3.8, 4) is 0 Å². The summed E-state index contributed by atoms with van der Waals surface area (Å²) in [6, 6.07) is 7.66. The molecule has 2 atom stereocenters. The van der Waals surface area contributed by atoms with Gasteiger partial charge in [0.05, 0.1) is 6.10 Å². The molecule has 1 aliphatic rings. The summed E-state index contributed by atoms with van der Waals surface area (Å²) < 4.78 is 0. The van der Waals surface area contributed by atoms with Gasteiger partial charge in [-0.05, 0) is 30.0 Å². The molecule has 2 rings (SSSR count). The minimum atomic E-state index is -0.344. The van der Waals surface area contributed by atoms with Crippen molar-refractivity contribution >= 4 is 11.6 Å². The van der Waals surface area contributed by atoms with E-state index >= 15 is 0 Å². The van der Waals surface area contributed by atoms with Gasteiger partial charge in [-0.1, -0.05) is 43.0 Å². The first-order chi connectivity index (χ1) is 8.20. The predicted molar refractivity (Wildman–Crippen MR) is 71.2 cm³/mol. The van der Waals surface area contributed by atoms with Gasteiger partial charge in [-0.25, -0.2) is 0 Å². The molecule has 0 spiro atoms. The average Bonchev–Trinajstić information content (AvgIpc) is 2.25. The van der Waals surface area contributed by atoms with Gasteiger partial charge in [0.15, 0.2) is 0 Å². The van der Waals surface area contributed by atoms with Crippen LogP contribution in [0.3, 0.4) is 0 Å². The molecule has 1 aliphatic carbocycles. The number of rotatable bonds is 5. The number of hydrogen-bond donors (Lipinski definition) is 2. The topological polar surface area (TPSA) is 46.2 Å². The number of hydrogen-bond acceptors (Lipinski definition) is 2. The molecule has 0 aromatic heterocycles. The maximum atomic E-state index is 10.3. The van der Waals surface area contributed by atoms with Crippen LogP contribution < -0.4 is 5.73 Å². The van der Waals surface area contributed by atoms with Gasteiger partial charge in [0.2, 0.25) is 0 Å². The van der Waals surface area contributed by atoms with Crippen molar-refractivity contribution in [1.82, 2.24) is 0 Å². The Bertz CT molecular complexity index is 365. The van der Waals surface area contributed by atoms with Crippen molar-refractivity contribution in [2.75, 3.05) is 6.54 Å². The first-order valence-electron chi connectivity index (χ1n) is 6.34. The lowest BCUT2D eigenvalue weighted by Crippen LogP contribution is -2.29. The molecule has 0 heterocycles. The molecule has 2 unspecified atom stereocenters. The summed E-state index contributed by atoms with van der Waals surface area (Å²) in [5.41, 5.74) is 6.84. The smallest absolute Gasteiger partial charge is 0.0623 e. The fraction of sp³-hybridized carbons (Fsp3) is 0.571. The second-order valence-corrected chi connectivity index (χ2v) is 5.43. The molecule has 1 aromatic carbocycles. The molecule has 17 heavy (non-hydrogen) atoms. The van der Waals surface area contributed by atoms with Crippen LogP contribution in [-0.4, -0.2) is 17.8 Å². The van der Waals surface area contributed by atoms with Crippen molar-refractivity contribution in [1.29, 1.82) is 0 Å². The summed E-state index contributed by atoms with van der Waals surface area (Å²) in [7, 11) is 0. The Balaban J connectivity index is 2.03. The fourth-order valence-electron chi connectivity index (χ4n) is 2.49. The standard InChI is InChI=1S/C14H20ClNO/c15-12-6-2-5-11(8-12)13(9-16)14(17)7-10-3-1-4-10/h2,5-6,8,10,13-14,17H,1,3-4,7,9,16H2. The minimum Gasteiger partial charge on any atom is -0.392 e. The van der Waals surface area contributed by atoms with E-state index in [4.69, 9.17) is 17.3 Å². The van der Waals surface area contributed by atoms with Crippen molar-refractivity contribution in [2.24, 2.45) is 11.7 Å². The van der Waals surface area contributed by atoms with E-state index in [1.165, 1.54) is 19.3 Å². The Hall–Kier alpha value is -0.570. The summed E-state index contributed by atoms with van der Waals surface area (Å²) in [6.07, 6.45) is 4.34. The lowest BCUT2D eigenvalue weighted by atomic mass is 9.78. The van der Waals surface area contributed by atoms with Crippen molar-refractivity contribution in [3.63, 3.8) is 0 Å². The lowest BCUT2D eigenvalue weighted by molar-refractivity contribution is 0.0951. The van der Waals surface area contributed by atoms with E-state index in [2.05, 4.69) is 0 Å². The van der Waals surface area contributed by atoms with Gasteiger partial charge in [0.25, 0.3) is 0 Å². The number of nitrogens with two attached hydrogens (primary N) is 1. The molecule has 94 valence electrons. The molecular formula is C14H20ClNO. The third-order valence-electron chi connectivity index (χ3n) is 3.79. The highest BCUT2D eigenvalue weighted by Crippen LogP contribution is 2.34. The minimum absolute atomic E-state index is 0.00861. The third kappa shape index (κ3) is 3.21. The average molecular weight is 254 g/mol. The molecule has 0 radical (unpaired) electrons. The van der Waals surface area contributed by atoms with E-state index in [0.717, 1.165) is 12.0 Å². The predicted octanol–water partition coefficient (Wildman–Crippen LogP) is 2.93. The quantitative estimate of drug-likeness (QED) is 0.848.